The Balaban J connectivity index is 2.28. The lowest BCUT2D eigenvalue weighted by Gasteiger charge is -2.20. The third-order valence-corrected chi connectivity index (χ3v) is 2.53. The molecule has 1 aliphatic carbocycles. The quantitative estimate of drug-likeness (QED) is 0.754. The van der Waals surface area contributed by atoms with Crippen molar-refractivity contribution >= 4 is 5.82 Å². The molecule has 0 radical (unpaired) electrons. The van der Waals surface area contributed by atoms with Gasteiger partial charge in [-0.2, -0.15) is 0 Å². The van der Waals surface area contributed by atoms with Crippen molar-refractivity contribution in [3.8, 4) is 12.3 Å². The molecule has 2 N–H and O–H groups in total. The number of hydrogen-bond acceptors (Lipinski definition) is 3. The van der Waals surface area contributed by atoms with Gasteiger partial charge >= 0.3 is 0 Å². The highest BCUT2D eigenvalue weighted by atomic mass is 16.1. The number of H-pyrrole nitrogens is 1. The molecule has 0 unspecified atom stereocenters. The van der Waals surface area contributed by atoms with Gasteiger partial charge in [-0.3, -0.25) is 4.79 Å². The molecule has 1 heterocycles. The molecule has 1 saturated carbocycles. The summed E-state index contributed by atoms with van der Waals surface area (Å²) < 4.78 is 0. The predicted octanol–water partition coefficient (Wildman–Crippen LogP) is 1.47. The molecule has 16 heavy (non-hydrogen) atoms. The van der Waals surface area contributed by atoms with Crippen LogP contribution in [0.4, 0.5) is 5.82 Å². The number of nitrogens with one attached hydrogen (secondary N) is 2. The molecule has 1 aliphatic rings. The first-order valence-electron chi connectivity index (χ1n) is 5.37. The van der Waals surface area contributed by atoms with Crippen molar-refractivity contribution in [3.05, 3.63) is 22.2 Å². The lowest BCUT2D eigenvalue weighted by Crippen LogP contribution is -2.30. The summed E-state index contributed by atoms with van der Waals surface area (Å²) in [5.74, 6) is 4.35. The summed E-state index contributed by atoms with van der Waals surface area (Å²) in [5.41, 5.74) is -0.631. The number of anilines is 1. The standard InChI is InChI=1S/C12H15N3O/c1-4-12(2,3)15-9-7-10(16)14-11(13-9)8-5-6-8/h1,7-8H,5-6H2,2-3H3,(H2,13,14,15,16). The Morgan fingerprint density at radius 2 is 2.31 bits per heavy atom. The van der Waals surface area contributed by atoms with E-state index in [2.05, 4.69) is 21.2 Å². The van der Waals surface area contributed by atoms with E-state index in [-0.39, 0.29) is 5.56 Å². The number of aromatic nitrogens is 2. The van der Waals surface area contributed by atoms with Crippen molar-refractivity contribution in [1.82, 2.24) is 9.97 Å². The van der Waals surface area contributed by atoms with Crippen LogP contribution in [0.15, 0.2) is 10.9 Å². The van der Waals surface area contributed by atoms with E-state index in [1.54, 1.807) is 0 Å². The van der Waals surface area contributed by atoms with Crippen molar-refractivity contribution in [2.75, 3.05) is 5.32 Å². The van der Waals surface area contributed by atoms with E-state index in [1.165, 1.54) is 6.07 Å². The minimum absolute atomic E-state index is 0.132. The van der Waals surface area contributed by atoms with Crippen molar-refractivity contribution in [2.24, 2.45) is 0 Å². The van der Waals surface area contributed by atoms with Crippen LogP contribution in [-0.2, 0) is 0 Å². The Labute approximate surface area is 94.5 Å². The van der Waals surface area contributed by atoms with E-state index in [1.807, 2.05) is 13.8 Å². The lowest BCUT2D eigenvalue weighted by atomic mass is 10.1. The zero-order valence-electron chi connectivity index (χ0n) is 9.50. The van der Waals surface area contributed by atoms with Crippen LogP contribution in [0.3, 0.4) is 0 Å². The SMILES string of the molecule is C#CC(C)(C)Nc1cc(=O)[nH]c(C2CC2)n1. The summed E-state index contributed by atoms with van der Waals surface area (Å²) in [5, 5.41) is 3.06. The summed E-state index contributed by atoms with van der Waals surface area (Å²) in [7, 11) is 0. The summed E-state index contributed by atoms with van der Waals surface area (Å²) in [6, 6.07) is 1.44. The maximum atomic E-state index is 11.4. The van der Waals surface area contributed by atoms with E-state index in [9.17, 15) is 4.79 Å². The van der Waals surface area contributed by atoms with Gasteiger partial charge in [-0.15, -0.1) is 6.42 Å². The normalized spacial score (nSPS) is 15.6. The first-order chi connectivity index (χ1) is 7.50. The molecule has 2 rings (SSSR count). The van der Waals surface area contributed by atoms with Gasteiger partial charge in [-0.05, 0) is 26.7 Å². The van der Waals surface area contributed by atoms with Crippen molar-refractivity contribution in [2.45, 2.75) is 38.1 Å². The van der Waals surface area contributed by atoms with E-state index in [4.69, 9.17) is 6.42 Å². The fourth-order valence-corrected chi connectivity index (χ4v) is 1.45. The number of rotatable bonds is 3. The van der Waals surface area contributed by atoms with E-state index >= 15 is 0 Å². The zero-order valence-corrected chi connectivity index (χ0v) is 9.50. The van der Waals surface area contributed by atoms with Gasteiger partial charge < -0.3 is 10.3 Å². The molecule has 0 spiro atoms. The molecule has 0 amide bonds. The molecular weight excluding hydrogens is 202 g/mol. The molecule has 1 fully saturated rings. The second-order valence-electron chi connectivity index (χ2n) is 4.68. The van der Waals surface area contributed by atoms with Crippen LogP contribution in [0.25, 0.3) is 0 Å². The highest BCUT2D eigenvalue weighted by molar-refractivity contribution is 5.40. The summed E-state index contributed by atoms with van der Waals surface area (Å²) in [6.45, 7) is 3.74. The Bertz CT molecular complexity index is 492. The molecule has 0 atom stereocenters. The molecular formula is C12H15N3O. The van der Waals surface area contributed by atoms with Crippen LogP contribution in [0.2, 0.25) is 0 Å². The van der Waals surface area contributed by atoms with Gasteiger partial charge in [0, 0.05) is 12.0 Å². The van der Waals surface area contributed by atoms with Gasteiger partial charge in [-0.25, -0.2) is 4.98 Å². The largest absolute Gasteiger partial charge is 0.354 e. The third kappa shape index (κ3) is 2.43. The third-order valence-electron chi connectivity index (χ3n) is 2.53. The van der Waals surface area contributed by atoms with Crippen LogP contribution >= 0.6 is 0 Å². The molecule has 4 nitrogen and oxygen atoms in total. The summed E-state index contributed by atoms with van der Waals surface area (Å²) >= 11 is 0. The minimum atomic E-state index is -0.498. The van der Waals surface area contributed by atoms with Gasteiger partial charge in [0.1, 0.15) is 11.6 Å². The maximum absolute atomic E-state index is 11.4. The van der Waals surface area contributed by atoms with Crippen LogP contribution in [-0.4, -0.2) is 15.5 Å². The van der Waals surface area contributed by atoms with Crippen molar-refractivity contribution < 1.29 is 0 Å². The highest BCUT2D eigenvalue weighted by Crippen LogP contribution is 2.37. The number of nitrogens with zero attached hydrogens (tertiary/aromatic N) is 1. The number of aromatic amines is 1. The first-order valence-corrected chi connectivity index (χ1v) is 5.37. The minimum Gasteiger partial charge on any atom is -0.354 e. The summed E-state index contributed by atoms with van der Waals surface area (Å²) in [6.07, 6.45) is 7.58. The fraction of sp³-hybridized carbons (Fsp3) is 0.500. The lowest BCUT2D eigenvalue weighted by molar-refractivity contribution is 0.731. The summed E-state index contributed by atoms with van der Waals surface area (Å²) in [4.78, 5) is 18.6. The Morgan fingerprint density at radius 1 is 1.62 bits per heavy atom. The molecule has 0 aromatic carbocycles. The monoisotopic (exact) mass is 217 g/mol. The Hall–Kier alpha value is -1.76. The second kappa shape index (κ2) is 3.67. The van der Waals surface area contributed by atoms with E-state index in [0.717, 1.165) is 18.7 Å². The van der Waals surface area contributed by atoms with Crippen LogP contribution in [0.5, 0.6) is 0 Å². The first kappa shape index (κ1) is 10.7. The van der Waals surface area contributed by atoms with E-state index < -0.39 is 5.54 Å². The maximum Gasteiger partial charge on any atom is 0.252 e. The van der Waals surface area contributed by atoms with Crippen molar-refractivity contribution in [1.29, 1.82) is 0 Å². The Morgan fingerprint density at radius 3 is 2.88 bits per heavy atom. The number of terminal acetylenes is 1. The van der Waals surface area contributed by atoms with Gasteiger partial charge in [0.05, 0.1) is 5.54 Å². The van der Waals surface area contributed by atoms with Gasteiger partial charge in [-0.1, -0.05) is 5.92 Å². The molecule has 1 aromatic rings. The molecule has 1 aromatic heterocycles. The van der Waals surface area contributed by atoms with Crippen LogP contribution in [0.1, 0.15) is 38.4 Å². The fourth-order valence-electron chi connectivity index (χ4n) is 1.45. The molecule has 0 saturated heterocycles. The predicted molar refractivity (Wildman–Crippen MR) is 63.4 cm³/mol. The highest BCUT2D eigenvalue weighted by Gasteiger charge is 2.26. The van der Waals surface area contributed by atoms with Crippen LogP contribution in [0, 0.1) is 12.3 Å². The van der Waals surface area contributed by atoms with Gasteiger partial charge in [0.25, 0.3) is 5.56 Å². The van der Waals surface area contributed by atoms with E-state index in [0.29, 0.717) is 11.7 Å². The smallest absolute Gasteiger partial charge is 0.252 e. The molecule has 4 heteroatoms. The molecule has 84 valence electrons. The zero-order chi connectivity index (χ0) is 11.8. The molecule has 0 bridgehead atoms. The van der Waals surface area contributed by atoms with Crippen molar-refractivity contribution in [3.63, 3.8) is 0 Å². The van der Waals surface area contributed by atoms with Gasteiger partial charge in [0.15, 0.2) is 0 Å². The average Bonchev–Trinajstić information content (AvgIpc) is 2.99. The molecule has 0 aliphatic heterocycles. The topological polar surface area (TPSA) is 57.8 Å². The number of hydrogen-bond donors (Lipinski definition) is 2. The van der Waals surface area contributed by atoms with Crippen LogP contribution < -0.4 is 10.9 Å². The Kier molecular flexibility index (Phi) is 2.47. The average molecular weight is 217 g/mol. The van der Waals surface area contributed by atoms with Gasteiger partial charge in [0.2, 0.25) is 0 Å². The second-order valence-corrected chi connectivity index (χ2v) is 4.68.